The first-order chi connectivity index (χ1) is 19.1. The summed E-state index contributed by atoms with van der Waals surface area (Å²) in [6, 6.07) is 6.53. The Hall–Kier alpha value is -3.29. The molecule has 4 aliphatic carbocycles. The van der Waals surface area contributed by atoms with Crippen molar-refractivity contribution >= 4 is 17.9 Å². The number of hydrogen-bond acceptors (Lipinski definition) is 8. The SMILES string of the molecule is C=C1C[C@]23C[C@H]1CC[C@H]2[C@]1(C)CC[C@@H](OC(=O)c2ccco2)[C@](C)(COC(C)=O)C1C[C@@H]3OC(=O)c1ccco1. The molecule has 4 saturated carbocycles. The zero-order valence-corrected chi connectivity index (χ0v) is 23.5. The molecule has 40 heavy (non-hydrogen) atoms. The molecule has 0 amide bonds. The Morgan fingerprint density at radius 1 is 0.950 bits per heavy atom. The summed E-state index contributed by atoms with van der Waals surface area (Å²) in [5, 5.41) is 0. The molecule has 0 aromatic carbocycles. The molecule has 0 saturated heterocycles. The predicted molar refractivity (Wildman–Crippen MR) is 143 cm³/mol. The molecule has 2 bridgehead atoms. The van der Waals surface area contributed by atoms with E-state index in [0.717, 1.165) is 32.1 Å². The lowest BCUT2D eigenvalue weighted by Gasteiger charge is -2.66. The lowest BCUT2D eigenvalue weighted by molar-refractivity contribution is -0.232. The van der Waals surface area contributed by atoms with E-state index in [4.69, 9.17) is 23.0 Å². The van der Waals surface area contributed by atoms with Crippen LogP contribution in [0.2, 0.25) is 0 Å². The summed E-state index contributed by atoms with van der Waals surface area (Å²) in [4.78, 5) is 38.4. The van der Waals surface area contributed by atoms with Crippen molar-refractivity contribution in [1.82, 2.24) is 0 Å². The summed E-state index contributed by atoms with van der Waals surface area (Å²) in [5.74, 6) is -0.386. The van der Waals surface area contributed by atoms with Gasteiger partial charge >= 0.3 is 17.9 Å². The molecule has 6 rings (SSSR count). The quantitative estimate of drug-likeness (QED) is 0.232. The number of rotatable bonds is 6. The highest BCUT2D eigenvalue weighted by molar-refractivity contribution is 5.86. The lowest BCUT2D eigenvalue weighted by Crippen LogP contribution is -2.66. The minimum atomic E-state index is -0.704. The topological polar surface area (TPSA) is 105 Å². The minimum absolute atomic E-state index is 0.0436. The molecule has 0 aliphatic heterocycles. The summed E-state index contributed by atoms with van der Waals surface area (Å²) in [6.45, 7) is 10.3. The van der Waals surface area contributed by atoms with Crippen molar-refractivity contribution in [1.29, 1.82) is 0 Å². The van der Waals surface area contributed by atoms with E-state index in [2.05, 4.69) is 20.4 Å². The Kier molecular flexibility index (Phi) is 6.50. The van der Waals surface area contributed by atoms with Crippen LogP contribution in [0, 0.1) is 34.0 Å². The Bertz CT molecular complexity index is 1290. The van der Waals surface area contributed by atoms with Gasteiger partial charge in [-0.1, -0.05) is 26.0 Å². The Labute approximate surface area is 234 Å². The third kappa shape index (κ3) is 4.13. The van der Waals surface area contributed by atoms with Crippen molar-refractivity contribution in [3.63, 3.8) is 0 Å². The Morgan fingerprint density at radius 2 is 1.60 bits per heavy atom. The molecule has 2 aromatic rings. The number of fused-ring (bicyclic) bond motifs is 3. The van der Waals surface area contributed by atoms with Crippen molar-refractivity contribution < 1.29 is 37.4 Å². The fourth-order valence-corrected chi connectivity index (χ4v) is 9.23. The van der Waals surface area contributed by atoms with Crippen LogP contribution in [0.1, 0.15) is 86.8 Å². The maximum atomic E-state index is 13.3. The first-order valence-corrected chi connectivity index (χ1v) is 14.4. The van der Waals surface area contributed by atoms with Crippen LogP contribution in [0.4, 0.5) is 0 Å². The number of furan rings is 2. The summed E-state index contributed by atoms with van der Waals surface area (Å²) in [5.41, 5.74) is 0.219. The average molecular weight is 551 g/mol. The number of hydrogen-bond donors (Lipinski definition) is 0. The second-order valence-corrected chi connectivity index (χ2v) is 13.0. The van der Waals surface area contributed by atoms with Crippen LogP contribution >= 0.6 is 0 Å². The van der Waals surface area contributed by atoms with Crippen molar-refractivity contribution in [2.75, 3.05) is 6.61 Å². The van der Waals surface area contributed by atoms with Crippen LogP contribution < -0.4 is 0 Å². The molecule has 4 aliphatic rings. The fraction of sp³-hybridized carbons (Fsp3) is 0.594. The number of carbonyl (C=O) groups excluding carboxylic acids is 3. The maximum absolute atomic E-state index is 13.3. The van der Waals surface area contributed by atoms with Crippen LogP contribution in [0.25, 0.3) is 0 Å². The summed E-state index contributed by atoms with van der Waals surface area (Å²) in [7, 11) is 0. The monoisotopic (exact) mass is 550 g/mol. The third-order valence-corrected chi connectivity index (χ3v) is 10.9. The summed E-state index contributed by atoms with van der Waals surface area (Å²) >= 11 is 0. The van der Waals surface area contributed by atoms with Gasteiger partial charge in [0, 0.05) is 17.8 Å². The highest BCUT2D eigenvalue weighted by Crippen LogP contribution is 2.72. The molecule has 214 valence electrons. The molecular weight excluding hydrogens is 512 g/mol. The van der Waals surface area contributed by atoms with Gasteiger partial charge in [-0.25, -0.2) is 9.59 Å². The van der Waals surface area contributed by atoms with E-state index in [1.54, 1.807) is 24.3 Å². The first-order valence-electron chi connectivity index (χ1n) is 14.4. The second-order valence-electron chi connectivity index (χ2n) is 13.0. The zero-order valence-electron chi connectivity index (χ0n) is 23.5. The van der Waals surface area contributed by atoms with E-state index in [1.165, 1.54) is 25.0 Å². The molecule has 8 nitrogen and oxygen atoms in total. The van der Waals surface area contributed by atoms with E-state index in [-0.39, 0.29) is 52.9 Å². The van der Waals surface area contributed by atoms with Gasteiger partial charge in [0.05, 0.1) is 12.5 Å². The molecule has 0 radical (unpaired) electrons. The molecular formula is C32H38O8. The minimum Gasteiger partial charge on any atom is -0.465 e. The van der Waals surface area contributed by atoms with Crippen LogP contribution in [-0.2, 0) is 19.0 Å². The standard InChI is InChI=1S/C32H38O8/c1-19-16-32-17-21(19)9-10-24(32)30(3)12-11-26(39-28(34)22-7-5-13-36-22)31(4,18-38-20(2)33)25(30)15-27(32)40-29(35)23-8-6-14-37-23/h5-8,13-14,21,24-27H,1,9-12,15-18H2,2-4H3/t21-,24+,25?,26-,27+,30+,31-,32+/m1/s1. The number of esters is 3. The van der Waals surface area contributed by atoms with E-state index in [0.29, 0.717) is 18.8 Å². The van der Waals surface area contributed by atoms with Crippen LogP contribution in [0.15, 0.2) is 57.8 Å². The van der Waals surface area contributed by atoms with Gasteiger partial charge in [0.2, 0.25) is 11.5 Å². The highest BCUT2D eigenvalue weighted by atomic mass is 16.6. The molecule has 2 aromatic heterocycles. The largest absolute Gasteiger partial charge is 0.465 e. The van der Waals surface area contributed by atoms with Gasteiger partial charge in [-0.3, -0.25) is 4.79 Å². The fourth-order valence-electron chi connectivity index (χ4n) is 9.23. The van der Waals surface area contributed by atoms with Crippen molar-refractivity contribution in [3.05, 3.63) is 60.5 Å². The van der Waals surface area contributed by atoms with Gasteiger partial charge in [0.25, 0.3) is 0 Å². The van der Waals surface area contributed by atoms with E-state index in [9.17, 15) is 14.4 Å². The molecule has 0 N–H and O–H groups in total. The van der Waals surface area contributed by atoms with Crippen molar-refractivity contribution in [2.24, 2.45) is 34.0 Å². The van der Waals surface area contributed by atoms with Crippen LogP contribution in [0.3, 0.4) is 0 Å². The Balaban J connectivity index is 1.39. The van der Waals surface area contributed by atoms with Crippen molar-refractivity contribution in [2.45, 2.75) is 77.9 Å². The van der Waals surface area contributed by atoms with Crippen LogP contribution in [-0.4, -0.2) is 36.7 Å². The van der Waals surface area contributed by atoms with E-state index >= 15 is 0 Å². The summed E-state index contributed by atoms with van der Waals surface area (Å²) < 4.78 is 28.8. The summed E-state index contributed by atoms with van der Waals surface area (Å²) in [6.07, 6.45) is 8.01. The number of allylic oxidation sites excluding steroid dienone is 1. The smallest absolute Gasteiger partial charge is 0.374 e. The van der Waals surface area contributed by atoms with Gasteiger partial charge in [0.15, 0.2) is 0 Å². The molecule has 8 atom stereocenters. The van der Waals surface area contributed by atoms with Gasteiger partial charge in [-0.05, 0) is 92.4 Å². The molecule has 4 fully saturated rings. The van der Waals surface area contributed by atoms with Gasteiger partial charge in [-0.2, -0.15) is 0 Å². The zero-order chi connectivity index (χ0) is 28.3. The third-order valence-electron chi connectivity index (χ3n) is 10.9. The molecule has 8 heteroatoms. The molecule has 1 spiro atoms. The average Bonchev–Trinajstić information content (AvgIpc) is 3.69. The van der Waals surface area contributed by atoms with Gasteiger partial charge in [-0.15, -0.1) is 0 Å². The van der Waals surface area contributed by atoms with Crippen LogP contribution in [0.5, 0.6) is 0 Å². The van der Waals surface area contributed by atoms with Gasteiger partial charge in [0.1, 0.15) is 18.8 Å². The number of carbonyl (C=O) groups is 3. The normalized spacial score (nSPS) is 38.2. The first kappa shape index (κ1) is 26.9. The second kappa shape index (κ2) is 9.67. The number of ether oxygens (including phenoxy) is 3. The van der Waals surface area contributed by atoms with E-state index in [1.807, 2.05) is 0 Å². The van der Waals surface area contributed by atoms with Gasteiger partial charge < -0.3 is 23.0 Å². The van der Waals surface area contributed by atoms with E-state index < -0.39 is 23.5 Å². The highest BCUT2D eigenvalue weighted by Gasteiger charge is 2.70. The molecule has 2 heterocycles. The van der Waals surface area contributed by atoms with Crippen molar-refractivity contribution in [3.8, 4) is 0 Å². The maximum Gasteiger partial charge on any atom is 0.374 e. The Morgan fingerprint density at radius 3 is 2.20 bits per heavy atom. The lowest BCUT2D eigenvalue weighted by atomic mass is 9.40. The predicted octanol–water partition coefficient (Wildman–Crippen LogP) is 6.38. The molecule has 1 unspecified atom stereocenters.